The summed E-state index contributed by atoms with van der Waals surface area (Å²) in [4.78, 5) is 12.6. The van der Waals surface area contributed by atoms with Crippen LogP contribution in [-0.4, -0.2) is 23.7 Å². The third-order valence-electron chi connectivity index (χ3n) is 3.22. The van der Waals surface area contributed by atoms with Gasteiger partial charge in [0.05, 0.1) is 11.2 Å². The zero-order valence-electron chi connectivity index (χ0n) is 10.6. The minimum Gasteiger partial charge on any atom is -0.323 e. The molecule has 3 nitrogen and oxygen atoms in total. The van der Waals surface area contributed by atoms with Gasteiger partial charge in [-0.25, -0.2) is 0 Å². The summed E-state index contributed by atoms with van der Waals surface area (Å²) < 4.78 is 24.9. The molecular weight excluding hydrogens is 270 g/mol. The molecule has 1 fully saturated rings. The Bertz CT molecular complexity index is 462. The van der Waals surface area contributed by atoms with Gasteiger partial charge in [-0.1, -0.05) is 23.9 Å². The molecule has 19 heavy (non-hydrogen) atoms. The average Bonchev–Trinajstić information content (AvgIpc) is 2.79. The number of hydrogen-bond acceptors (Lipinski definition) is 3. The first-order valence-corrected chi connectivity index (χ1v) is 6.99. The topological polar surface area (TPSA) is 41.1 Å². The highest BCUT2D eigenvalue weighted by Gasteiger charge is 2.36. The lowest BCUT2D eigenvalue weighted by molar-refractivity contribution is -0.121. The van der Waals surface area contributed by atoms with Gasteiger partial charge in [0.2, 0.25) is 5.91 Å². The molecule has 0 saturated carbocycles. The molecule has 1 aromatic carbocycles. The Labute approximate surface area is 115 Å². The standard InChI is InChI=1S/C13H16F2N2OS/c1-13(7-4-8-16-13)11(18)17-9-5-2-3-6-10(9)19-12(14)15/h2-3,5-6,12,16H,4,7-8H2,1H3,(H,17,18). The van der Waals surface area contributed by atoms with Crippen molar-refractivity contribution in [1.82, 2.24) is 5.32 Å². The first kappa shape index (κ1) is 14.3. The van der Waals surface area contributed by atoms with E-state index >= 15 is 0 Å². The Morgan fingerprint density at radius 2 is 2.21 bits per heavy atom. The summed E-state index contributed by atoms with van der Waals surface area (Å²) >= 11 is 0.440. The molecule has 1 aliphatic rings. The van der Waals surface area contributed by atoms with Crippen LogP contribution < -0.4 is 10.6 Å². The first-order chi connectivity index (χ1) is 9.01. The number of amides is 1. The minimum atomic E-state index is -2.50. The van der Waals surface area contributed by atoms with Crippen LogP contribution in [0, 0.1) is 0 Å². The fraction of sp³-hybridized carbons (Fsp3) is 0.462. The molecular formula is C13H16F2N2OS. The molecule has 1 aliphatic heterocycles. The second kappa shape index (κ2) is 5.88. The highest BCUT2D eigenvalue weighted by Crippen LogP contribution is 2.32. The summed E-state index contributed by atoms with van der Waals surface area (Å²) in [6, 6.07) is 6.61. The number of rotatable bonds is 4. The van der Waals surface area contributed by atoms with E-state index in [1.54, 1.807) is 24.3 Å². The van der Waals surface area contributed by atoms with E-state index in [4.69, 9.17) is 0 Å². The van der Waals surface area contributed by atoms with E-state index in [2.05, 4.69) is 10.6 Å². The van der Waals surface area contributed by atoms with Crippen LogP contribution in [0.4, 0.5) is 14.5 Å². The van der Waals surface area contributed by atoms with Gasteiger partial charge in [-0.15, -0.1) is 0 Å². The Hall–Kier alpha value is -1.14. The molecule has 1 aromatic rings. The van der Waals surface area contributed by atoms with Crippen molar-refractivity contribution in [3.8, 4) is 0 Å². The molecule has 2 N–H and O–H groups in total. The van der Waals surface area contributed by atoms with Gasteiger partial charge in [0.1, 0.15) is 0 Å². The maximum Gasteiger partial charge on any atom is 0.288 e. The Balaban J connectivity index is 2.12. The Kier molecular flexibility index (Phi) is 4.42. The number of hydrogen-bond donors (Lipinski definition) is 2. The molecule has 104 valence electrons. The Morgan fingerprint density at radius 3 is 2.84 bits per heavy atom. The third-order valence-corrected chi connectivity index (χ3v) is 4.01. The third kappa shape index (κ3) is 3.45. The van der Waals surface area contributed by atoms with Gasteiger partial charge >= 0.3 is 0 Å². The summed E-state index contributed by atoms with van der Waals surface area (Å²) in [5, 5.41) is 5.89. The number of halogens is 2. The van der Waals surface area contributed by atoms with Crippen molar-refractivity contribution in [2.24, 2.45) is 0 Å². The lowest BCUT2D eigenvalue weighted by atomic mass is 9.99. The molecule has 0 aromatic heterocycles. The van der Waals surface area contributed by atoms with Crippen molar-refractivity contribution in [2.45, 2.75) is 36.0 Å². The van der Waals surface area contributed by atoms with E-state index < -0.39 is 11.3 Å². The van der Waals surface area contributed by atoms with E-state index in [9.17, 15) is 13.6 Å². The van der Waals surface area contributed by atoms with Gasteiger partial charge < -0.3 is 10.6 Å². The summed E-state index contributed by atoms with van der Waals surface area (Å²) in [6.45, 7) is 2.63. The van der Waals surface area contributed by atoms with Crippen LogP contribution in [0.25, 0.3) is 0 Å². The maximum absolute atomic E-state index is 12.5. The van der Waals surface area contributed by atoms with Gasteiger partial charge in [-0.05, 0) is 38.4 Å². The fourth-order valence-electron chi connectivity index (χ4n) is 2.12. The van der Waals surface area contributed by atoms with E-state index in [1.807, 2.05) is 6.92 Å². The van der Waals surface area contributed by atoms with Crippen molar-refractivity contribution >= 4 is 23.4 Å². The number of nitrogens with one attached hydrogen (secondary N) is 2. The maximum atomic E-state index is 12.5. The SMILES string of the molecule is CC1(C(=O)Nc2ccccc2SC(F)F)CCCN1. The van der Waals surface area contributed by atoms with Crippen LogP contribution in [0.5, 0.6) is 0 Å². The normalized spacial score (nSPS) is 22.7. The van der Waals surface area contributed by atoms with Crippen molar-refractivity contribution in [3.63, 3.8) is 0 Å². The minimum absolute atomic E-state index is 0.174. The number of benzene rings is 1. The van der Waals surface area contributed by atoms with Crippen molar-refractivity contribution in [3.05, 3.63) is 24.3 Å². The predicted molar refractivity (Wildman–Crippen MR) is 72.6 cm³/mol. The largest absolute Gasteiger partial charge is 0.323 e. The summed E-state index contributed by atoms with van der Waals surface area (Å²) in [5.74, 6) is -2.68. The molecule has 0 bridgehead atoms. The zero-order valence-corrected chi connectivity index (χ0v) is 11.4. The number of carbonyl (C=O) groups is 1. The summed E-state index contributed by atoms with van der Waals surface area (Å²) in [7, 11) is 0. The molecule has 1 heterocycles. The van der Waals surface area contributed by atoms with Gasteiger partial charge in [-0.2, -0.15) is 8.78 Å². The number of para-hydroxylation sites is 1. The molecule has 1 atom stereocenters. The first-order valence-electron chi connectivity index (χ1n) is 6.11. The van der Waals surface area contributed by atoms with E-state index in [0.29, 0.717) is 22.3 Å². The molecule has 0 radical (unpaired) electrons. The number of alkyl halides is 2. The fourth-order valence-corrected chi connectivity index (χ4v) is 2.71. The highest BCUT2D eigenvalue weighted by atomic mass is 32.2. The van der Waals surface area contributed by atoms with Crippen LogP contribution in [0.1, 0.15) is 19.8 Å². The second-order valence-electron chi connectivity index (χ2n) is 4.69. The van der Waals surface area contributed by atoms with Crippen molar-refractivity contribution < 1.29 is 13.6 Å². The smallest absolute Gasteiger partial charge is 0.288 e. The molecule has 2 rings (SSSR count). The monoisotopic (exact) mass is 286 g/mol. The highest BCUT2D eigenvalue weighted by molar-refractivity contribution is 7.99. The quantitative estimate of drug-likeness (QED) is 0.836. The average molecular weight is 286 g/mol. The lowest BCUT2D eigenvalue weighted by Crippen LogP contribution is -2.48. The van der Waals surface area contributed by atoms with E-state index in [-0.39, 0.29) is 5.91 Å². The zero-order chi connectivity index (χ0) is 13.9. The van der Waals surface area contributed by atoms with Gasteiger partial charge in [0.15, 0.2) is 0 Å². The summed E-state index contributed by atoms with van der Waals surface area (Å²) in [6.07, 6.45) is 1.69. The molecule has 0 spiro atoms. The second-order valence-corrected chi connectivity index (χ2v) is 5.72. The molecule has 1 saturated heterocycles. The van der Waals surface area contributed by atoms with Crippen LogP contribution in [0.2, 0.25) is 0 Å². The molecule has 1 unspecified atom stereocenters. The van der Waals surface area contributed by atoms with Crippen LogP contribution >= 0.6 is 11.8 Å². The molecule has 0 aliphatic carbocycles. The van der Waals surface area contributed by atoms with Gasteiger partial charge in [-0.3, -0.25) is 4.79 Å². The van der Waals surface area contributed by atoms with Crippen LogP contribution in [0.3, 0.4) is 0 Å². The number of thioether (sulfide) groups is 1. The van der Waals surface area contributed by atoms with Crippen LogP contribution in [-0.2, 0) is 4.79 Å². The summed E-state index contributed by atoms with van der Waals surface area (Å²) in [5.41, 5.74) is -0.171. The van der Waals surface area contributed by atoms with E-state index in [0.717, 1.165) is 19.4 Å². The molecule has 6 heteroatoms. The molecule has 1 amide bonds. The lowest BCUT2D eigenvalue weighted by Gasteiger charge is -2.23. The Morgan fingerprint density at radius 1 is 1.47 bits per heavy atom. The van der Waals surface area contributed by atoms with Crippen molar-refractivity contribution in [1.29, 1.82) is 0 Å². The predicted octanol–water partition coefficient (Wildman–Crippen LogP) is 3.08. The van der Waals surface area contributed by atoms with Crippen LogP contribution in [0.15, 0.2) is 29.2 Å². The van der Waals surface area contributed by atoms with Gasteiger partial charge in [0, 0.05) is 4.90 Å². The number of carbonyl (C=O) groups excluding carboxylic acids is 1. The number of anilines is 1. The van der Waals surface area contributed by atoms with Gasteiger partial charge in [0.25, 0.3) is 5.76 Å². The van der Waals surface area contributed by atoms with E-state index in [1.165, 1.54) is 0 Å². The van der Waals surface area contributed by atoms with Crippen molar-refractivity contribution in [2.75, 3.05) is 11.9 Å².